The minimum atomic E-state index is -1.10. The maximum absolute atomic E-state index is 14.6. The van der Waals surface area contributed by atoms with E-state index in [2.05, 4.69) is 50.0 Å². The van der Waals surface area contributed by atoms with E-state index in [1.807, 2.05) is 33.2 Å². The molecule has 4 aromatic rings. The highest BCUT2D eigenvalue weighted by Crippen LogP contribution is 2.55. The lowest BCUT2D eigenvalue weighted by Gasteiger charge is -2.45. The fourth-order valence-corrected chi connectivity index (χ4v) is 11.0. The number of nitrogens with two attached hydrogens (primary N) is 2. The third kappa shape index (κ3) is 6.46. The smallest absolute Gasteiger partial charge is 0.341 e. The Balaban J connectivity index is 0.916. The maximum atomic E-state index is 14.6. The van der Waals surface area contributed by atoms with Crippen LogP contribution in [0.1, 0.15) is 82.5 Å². The van der Waals surface area contributed by atoms with E-state index >= 15 is 0 Å². The number of ether oxygens (including phenoxy) is 3. The third-order valence-corrected chi connectivity index (χ3v) is 13.8. The highest BCUT2D eigenvalue weighted by atomic mass is 16.7. The monoisotopic (exact) mass is 817 g/mol. The number of nitrogens with zero attached hydrogens (tertiary/aromatic N) is 1. The van der Waals surface area contributed by atoms with Crippen LogP contribution in [0.2, 0.25) is 0 Å². The summed E-state index contributed by atoms with van der Waals surface area (Å²) >= 11 is 0. The minimum absolute atomic E-state index is 0.00211. The molecular formula is C46H55N7O7. The summed E-state index contributed by atoms with van der Waals surface area (Å²) in [5.41, 5.74) is 17.6. The molecule has 9 N–H and O–H groups in total. The first-order chi connectivity index (χ1) is 28.8. The zero-order valence-electron chi connectivity index (χ0n) is 34.7. The van der Waals surface area contributed by atoms with Crippen LogP contribution < -0.4 is 37.6 Å². The van der Waals surface area contributed by atoms with Gasteiger partial charge in [0, 0.05) is 54.1 Å². The van der Waals surface area contributed by atoms with Crippen LogP contribution in [-0.2, 0) is 20.8 Å². The Labute approximate surface area is 348 Å². The predicted octanol–water partition coefficient (Wildman–Crippen LogP) is 5.21. The van der Waals surface area contributed by atoms with Crippen molar-refractivity contribution in [3.8, 4) is 11.5 Å². The Hall–Kier alpha value is -5.60. The van der Waals surface area contributed by atoms with Gasteiger partial charge in [-0.25, -0.2) is 4.79 Å². The zero-order valence-corrected chi connectivity index (χ0v) is 34.7. The number of hydrogen-bond acceptors (Lipinski definition) is 12. The van der Waals surface area contributed by atoms with E-state index in [-0.39, 0.29) is 46.3 Å². The Kier molecular flexibility index (Phi) is 9.17. The topological polar surface area (TPSA) is 207 Å². The number of H-pyrrole nitrogens is 1. The van der Waals surface area contributed by atoms with Gasteiger partial charge in [0.25, 0.3) is 0 Å². The van der Waals surface area contributed by atoms with Gasteiger partial charge in [0.15, 0.2) is 11.0 Å². The van der Waals surface area contributed by atoms with Crippen molar-refractivity contribution in [2.45, 2.75) is 120 Å². The standard InChI is InChI=1S/C46H55N7O7/c1-23-14-33(54)39-34(57-23)18-35-38(41(39)55)31-15-24(19-49-4)10-12-46(44(56)58-42(31)45(2,3)59-35)36(60-46)9-8-25-16-37(47)52-40-28(25)6-5-7-29-30(40)17-27(51-43(29)48)21-53-20-26-11-13-50-32(26)22-53/h11,13-14,16-18,20,22,24,27,31,36,40,42,49-52,55H,5-10,12,15,19,21,47-48H2,1-4H3. The number of phenols is 1. The SMILES string of the molecule is CNCC1CCC2(OC2CCC2=C3CCCC4=C(N)NC(Cn5cc6cc[nH]c6c5)C=C4C3NC(N)=C2)C(=O)OC2C(C1)c1c(cc3oc(C)cc(=O)c3c1O)OC2(C)C. The Morgan fingerprint density at radius 3 is 2.78 bits per heavy atom. The van der Waals surface area contributed by atoms with Crippen LogP contribution in [-0.4, -0.2) is 69.7 Å². The summed E-state index contributed by atoms with van der Waals surface area (Å²) in [6, 6.07) is 5.03. The lowest BCUT2D eigenvalue weighted by molar-refractivity contribution is -0.170. The van der Waals surface area contributed by atoms with Crippen LogP contribution >= 0.6 is 0 Å². The Morgan fingerprint density at radius 1 is 1.12 bits per heavy atom. The van der Waals surface area contributed by atoms with Gasteiger partial charge in [0.2, 0.25) is 0 Å². The highest BCUT2D eigenvalue weighted by Gasteiger charge is 2.65. The van der Waals surface area contributed by atoms with Crippen LogP contribution in [0.5, 0.6) is 11.5 Å². The van der Waals surface area contributed by atoms with Crippen molar-refractivity contribution in [1.82, 2.24) is 25.5 Å². The lowest BCUT2D eigenvalue weighted by Crippen LogP contribution is -2.52. The van der Waals surface area contributed by atoms with E-state index in [4.69, 9.17) is 30.1 Å². The average Bonchev–Trinajstić information content (AvgIpc) is 3.58. The Morgan fingerprint density at radius 2 is 1.97 bits per heavy atom. The third-order valence-electron chi connectivity index (χ3n) is 13.8. The van der Waals surface area contributed by atoms with Crippen LogP contribution in [0.25, 0.3) is 21.9 Å². The molecule has 7 atom stereocenters. The van der Waals surface area contributed by atoms with E-state index in [1.165, 1.54) is 28.2 Å². The molecule has 0 bridgehead atoms. The molecule has 8 heterocycles. The van der Waals surface area contributed by atoms with Crippen molar-refractivity contribution in [3.63, 3.8) is 0 Å². The molecule has 60 heavy (non-hydrogen) atoms. The highest BCUT2D eigenvalue weighted by molar-refractivity contribution is 5.88. The van der Waals surface area contributed by atoms with Gasteiger partial charge < -0.3 is 60.7 Å². The Bertz CT molecular complexity index is 2580. The average molecular weight is 818 g/mol. The van der Waals surface area contributed by atoms with Crippen molar-refractivity contribution in [2.75, 3.05) is 13.6 Å². The molecule has 7 unspecified atom stereocenters. The molecule has 3 fully saturated rings. The van der Waals surface area contributed by atoms with Crippen molar-refractivity contribution >= 4 is 27.8 Å². The number of carbonyl (C=O) groups excluding carboxylic acids is 1. The summed E-state index contributed by atoms with van der Waals surface area (Å²) in [4.78, 5) is 31.0. The molecule has 0 radical (unpaired) electrons. The second kappa shape index (κ2) is 14.3. The lowest BCUT2D eigenvalue weighted by atomic mass is 9.75. The van der Waals surface area contributed by atoms with Gasteiger partial charge in [-0.3, -0.25) is 4.79 Å². The predicted molar refractivity (Wildman–Crippen MR) is 227 cm³/mol. The van der Waals surface area contributed by atoms with Gasteiger partial charge in [-0.15, -0.1) is 0 Å². The molecule has 6 aliphatic rings. The summed E-state index contributed by atoms with van der Waals surface area (Å²) in [6.45, 7) is 6.91. The van der Waals surface area contributed by atoms with E-state index < -0.39 is 29.2 Å². The van der Waals surface area contributed by atoms with Crippen LogP contribution in [0.15, 0.2) is 92.1 Å². The number of dihydropyridines is 2. The number of epoxide rings is 1. The molecule has 0 amide bonds. The summed E-state index contributed by atoms with van der Waals surface area (Å²) in [5.74, 6) is 1.26. The van der Waals surface area contributed by atoms with Crippen molar-refractivity contribution in [2.24, 2.45) is 17.4 Å². The molecule has 14 heteroatoms. The molecule has 5 aliphatic heterocycles. The van der Waals surface area contributed by atoms with Gasteiger partial charge in [-0.2, -0.15) is 0 Å². The molecule has 1 saturated carbocycles. The number of esters is 1. The number of aryl methyl sites for hydroxylation is 1. The summed E-state index contributed by atoms with van der Waals surface area (Å²) in [6.07, 6.45) is 15.3. The molecular weight excluding hydrogens is 763 g/mol. The van der Waals surface area contributed by atoms with Crippen LogP contribution in [0.4, 0.5) is 0 Å². The fourth-order valence-electron chi connectivity index (χ4n) is 11.0. The molecule has 1 spiro atoms. The number of allylic oxidation sites excluding steroid dienone is 2. The number of aromatic nitrogens is 2. The van der Waals surface area contributed by atoms with Gasteiger partial charge in [-0.05, 0) is 126 Å². The van der Waals surface area contributed by atoms with Crippen LogP contribution in [0.3, 0.4) is 0 Å². The number of hydrogen-bond donors (Lipinski definition) is 7. The first-order valence-corrected chi connectivity index (χ1v) is 21.4. The van der Waals surface area contributed by atoms with E-state index in [0.717, 1.165) is 42.7 Å². The maximum Gasteiger partial charge on any atom is 0.341 e. The van der Waals surface area contributed by atoms with E-state index in [9.17, 15) is 14.7 Å². The molecule has 10 rings (SSSR count). The van der Waals surface area contributed by atoms with E-state index in [1.54, 1.807) is 13.0 Å². The normalized spacial score (nSPS) is 29.6. The molecule has 1 aliphatic carbocycles. The second-order valence-electron chi connectivity index (χ2n) is 18.2. The molecule has 3 aromatic heterocycles. The number of benzene rings is 1. The minimum Gasteiger partial charge on any atom is -0.507 e. The van der Waals surface area contributed by atoms with Gasteiger partial charge in [-0.1, -0.05) is 6.08 Å². The van der Waals surface area contributed by atoms with Crippen molar-refractivity contribution in [3.05, 3.63) is 104 Å². The van der Waals surface area contributed by atoms with Gasteiger partial charge in [0.1, 0.15) is 45.8 Å². The number of rotatable bonds is 7. The summed E-state index contributed by atoms with van der Waals surface area (Å²) in [5, 5.41) is 23.5. The van der Waals surface area contributed by atoms with E-state index in [0.29, 0.717) is 61.5 Å². The van der Waals surface area contributed by atoms with Crippen LogP contribution in [0, 0.1) is 12.8 Å². The largest absolute Gasteiger partial charge is 0.507 e. The number of fused-ring (bicyclic) bond motifs is 8. The number of nitrogens with one attached hydrogen (secondary N) is 4. The molecule has 2 saturated heterocycles. The number of aromatic hydroxyl groups is 1. The fraction of sp³-hybridized carbons (Fsp3) is 0.478. The molecule has 14 nitrogen and oxygen atoms in total. The first kappa shape index (κ1) is 38.6. The first-order valence-electron chi connectivity index (χ1n) is 21.4. The number of carbonyl (C=O) groups is 1. The molecule has 1 aromatic carbocycles. The van der Waals surface area contributed by atoms with Crippen molar-refractivity contribution < 1.29 is 28.5 Å². The number of aromatic amines is 1. The quantitative estimate of drug-likeness (QED) is 0.0948. The van der Waals surface area contributed by atoms with Gasteiger partial charge >= 0.3 is 5.97 Å². The van der Waals surface area contributed by atoms with Crippen molar-refractivity contribution in [1.29, 1.82) is 0 Å². The van der Waals surface area contributed by atoms with Gasteiger partial charge in [0.05, 0.1) is 29.5 Å². The molecule has 316 valence electrons. The summed E-state index contributed by atoms with van der Waals surface area (Å²) < 4.78 is 27.6. The zero-order chi connectivity index (χ0) is 41.7. The second-order valence-corrected chi connectivity index (χ2v) is 18.2. The summed E-state index contributed by atoms with van der Waals surface area (Å²) in [7, 11) is 1.92. The number of phenolic OH excluding ortho intramolecular Hbond substituents is 1.